The molecule has 0 saturated heterocycles. The fraction of sp³-hybridized carbons (Fsp3) is 0.333. The largest absolute Gasteiger partial charge is 0.486 e. The molecule has 224 valence electrons. The average molecular weight is 618 g/mol. The number of sulfonamides is 1. The Morgan fingerprint density at radius 2 is 1.64 bits per heavy atom. The van der Waals surface area contributed by atoms with Crippen LogP contribution in [0.5, 0.6) is 11.5 Å². The van der Waals surface area contributed by atoms with Crippen LogP contribution in [0.4, 0.5) is 10.1 Å². The van der Waals surface area contributed by atoms with Crippen LogP contribution in [0.3, 0.4) is 0 Å². The molecule has 12 heteroatoms. The minimum atomic E-state index is -4.36. The SMILES string of the molecule is CCCNC(=O)[C@@H](CC)N(Cc1ccc(Cl)cc1)C(=O)CN(c1ccc(F)cc1)S(=O)(=O)c1ccc2c(c1)OCCO2. The number of halogens is 2. The van der Waals surface area contributed by atoms with E-state index in [0.717, 1.165) is 16.4 Å². The number of fused-ring (bicyclic) bond motifs is 1. The highest BCUT2D eigenvalue weighted by Crippen LogP contribution is 2.34. The van der Waals surface area contributed by atoms with Gasteiger partial charge in [0.1, 0.15) is 31.6 Å². The second-order valence-corrected chi connectivity index (χ2v) is 12.0. The number of anilines is 1. The minimum Gasteiger partial charge on any atom is -0.486 e. The molecule has 4 rings (SSSR count). The summed E-state index contributed by atoms with van der Waals surface area (Å²) in [6, 6.07) is 15.0. The number of nitrogens with zero attached hydrogens (tertiary/aromatic N) is 2. The first kappa shape index (κ1) is 31.1. The van der Waals surface area contributed by atoms with Gasteiger partial charge in [0, 0.05) is 24.2 Å². The average Bonchev–Trinajstić information content (AvgIpc) is 2.99. The van der Waals surface area contributed by atoms with Crippen molar-refractivity contribution in [3.8, 4) is 11.5 Å². The second kappa shape index (κ2) is 13.9. The molecule has 1 aliphatic heterocycles. The summed E-state index contributed by atoms with van der Waals surface area (Å²) in [5.41, 5.74) is 0.784. The van der Waals surface area contributed by atoms with E-state index in [-0.39, 0.29) is 35.4 Å². The van der Waals surface area contributed by atoms with Gasteiger partial charge in [-0.25, -0.2) is 12.8 Å². The number of carbonyl (C=O) groups excluding carboxylic acids is 2. The molecule has 1 heterocycles. The molecule has 3 aromatic rings. The predicted molar refractivity (Wildman–Crippen MR) is 158 cm³/mol. The maximum Gasteiger partial charge on any atom is 0.264 e. The van der Waals surface area contributed by atoms with Gasteiger partial charge in [-0.3, -0.25) is 13.9 Å². The van der Waals surface area contributed by atoms with Crippen LogP contribution < -0.4 is 19.1 Å². The standard InChI is InChI=1S/C30H33ClFN3O6S/c1-3-15-33-30(37)26(4-2)34(19-21-5-7-22(31)8-6-21)29(36)20-35(24-11-9-23(32)10-12-24)42(38,39)25-13-14-27-28(18-25)41-17-16-40-27/h5-14,18,26H,3-4,15-17,19-20H2,1-2H3,(H,33,37)/t26-/m1/s1. The van der Waals surface area contributed by atoms with Crippen molar-refractivity contribution in [2.45, 2.75) is 44.2 Å². The third-order valence-corrected chi connectivity index (χ3v) is 8.72. The van der Waals surface area contributed by atoms with E-state index < -0.39 is 34.3 Å². The third-order valence-electron chi connectivity index (χ3n) is 6.70. The van der Waals surface area contributed by atoms with Crippen molar-refractivity contribution >= 4 is 39.1 Å². The topological polar surface area (TPSA) is 105 Å². The van der Waals surface area contributed by atoms with E-state index in [2.05, 4.69) is 5.32 Å². The van der Waals surface area contributed by atoms with E-state index >= 15 is 0 Å². The summed E-state index contributed by atoms with van der Waals surface area (Å²) in [7, 11) is -4.36. The normalized spacial score (nSPS) is 13.2. The molecule has 0 aliphatic carbocycles. The van der Waals surface area contributed by atoms with Crippen LogP contribution in [0.1, 0.15) is 32.3 Å². The van der Waals surface area contributed by atoms with Crippen molar-refractivity contribution in [2.75, 3.05) is 30.6 Å². The first-order valence-electron chi connectivity index (χ1n) is 13.6. The second-order valence-electron chi connectivity index (χ2n) is 9.66. The summed E-state index contributed by atoms with van der Waals surface area (Å²) in [6.45, 7) is 4.11. The highest BCUT2D eigenvalue weighted by molar-refractivity contribution is 7.92. The highest BCUT2D eigenvalue weighted by Gasteiger charge is 2.34. The number of benzene rings is 3. The molecule has 0 fully saturated rings. The summed E-state index contributed by atoms with van der Waals surface area (Å²) < 4.78 is 53.9. The van der Waals surface area contributed by atoms with E-state index in [4.69, 9.17) is 21.1 Å². The fourth-order valence-electron chi connectivity index (χ4n) is 4.52. The van der Waals surface area contributed by atoms with Crippen LogP contribution in [0, 0.1) is 5.82 Å². The maximum atomic E-state index is 14.0. The molecule has 0 bridgehead atoms. The molecule has 0 saturated carbocycles. The third kappa shape index (κ3) is 7.32. The lowest BCUT2D eigenvalue weighted by molar-refractivity contribution is -0.140. The van der Waals surface area contributed by atoms with Crippen LogP contribution in [0.15, 0.2) is 71.6 Å². The lowest BCUT2D eigenvalue weighted by Gasteiger charge is -2.33. The van der Waals surface area contributed by atoms with Crippen LogP contribution >= 0.6 is 11.6 Å². The number of rotatable bonds is 12. The Hall–Kier alpha value is -3.83. The van der Waals surface area contributed by atoms with Gasteiger partial charge >= 0.3 is 0 Å². The minimum absolute atomic E-state index is 0.0371. The first-order chi connectivity index (χ1) is 20.1. The molecule has 0 spiro atoms. The number of carbonyl (C=O) groups is 2. The summed E-state index contributed by atoms with van der Waals surface area (Å²) >= 11 is 6.05. The van der Waals surface area contributed by atoms with Gasteiger partial charge in [0.05, 0.1) is 10.6 Å². The predicted octanol–water partition coefficient (Wildman–Crippen LogP) is 4.78. The van der Waals surface area contributed by atoms with Crippen molar-refractivity contribution in [1.82, 2.24) is 10.2 Å². The van der Waals surface area contributed by atoms with Crippen molar-refractivity contribution < 1.29 is 31.9 Å². The zero-order valence-electron chi connectivity index (χ0n) is 23.4. The molecule has 1 N–H and O–H groups in total. The van der Waals surface area contributed by atoms with Gasteiger partial charge in [0.2, 0.25) is 11.8 Å². The van der Waals surface area contributed by atoms with E-state index in [1.54, 1.807) is 31.2 Å². The van der Waals surface area contributed by atoms with Crippen molar-refractivity contribution in [3.05, 3.63) is 83.1 Å². The summed E-state index contributed by atoms with van der Waals surface area (Å²) in [5.74, 6) is -0.860. The maximum absolute atomic E-state index is 14.0. The van der Waals surface area contributed by atoms with Gasteiger partial charge < -0.3 is 19.7 Å². The number of amides is 2. The Bertz CT molecular complexity index is 1500. The van der Waals surface area contributed by atoms with E-state index in [1.165, 1.54) is 35.2 Å². The van der Waals surface area contributed by atoms with Crippen molar-refractivity contribution in [1.29, 1.82) is 0 Å². The summed E-state index contributed by atoms with van der Waals surface area (Å²) in [5, 5.41) is 3.35. The number of hydrogen-bond acceptors (Lipinski definition) is 6. The Balaban J connectivity index is 1.73. The zero-order valence-corrected chi connectivity index (χ0v) is 25.0. The number of ether oxygens (including phenoxy) is 2. The molecule has 0 unspecified atom stereocenters. The monoisotopic (exact) mass is 617 g/mol. The Kier molecular flexibility index (Phi) is 10.3. The number of nitrogens with one attached hydrogen (secondary N) is 1. The number of hydrogen-bond donors (Lipinski definition) is 1. The molecular formula is C30H33ClFN3O6S. The van der Waals surface area contributed by atoms with E-state index in [0.29, 0.717) is 42.3 Å². The molecule has 0 aromatic heterocycles. The molecule has 1 atom stereocenters. The molecule has 0 radical (unpaired) electrons. The lowest BCUT2D eigenvalue weighted by Crippen LogP contribution is -2.52. The van der Waals surface area contributed by atoms with Gasteiger partial charge in [-0.1, -0.05) is 37.6 Å². The first-order valence-corrected chi connectivity index (χ1v) is 15.5. The quantitative estimate of drug-likeness (QED) is 0.314. The highest BCUT2D eigenvalue weighted by atomic mass is 35.5. The van der Waals surface area contributed by atoms with Crippen LogP contribution in [-0.2, 0) is 26.2 Å². The molecular weight excluding hydrogens is 585 g/mol. The molecule has 9 nitrogen and oxygen atoms in total. The smallest absolute Gasteiger partial charge is 0.264 e. The van der Waals surface area contributed by atoms with Gasteiger partial charge in [0.25, 0.3) is 10.0 Å². The Labute approximate surface area is 250 Å². The molecule has 3 aromatic carbocycles. The molecule has 42 heavy (non-hydrogen) atoms. The summed E-state index contributed by atoms with van der Waals surface area (Å²) in [4.78, 5) is 28.4. The van der Waals surface area contributed by atoms with Crippen molar-refractivity contribution in [3.63, 3.8) is 0 Å². The van der Waals surface area contributed by atoms with Crippen LogP contribution in [0.25, 0.3) is 0 Å². The van der Waals surface area contributed by atoms with Crippen LogP contribution in [-0.4, -0.2) is 57.5 Å². The van der Waals surface area contributed by atoms with Gasteiger partial charge in [-0.2, -0.15) is 0 Å². The molecule has 1 aliphatic rings. The summed E-state index contributed by atoms with van der Waals surface area (Å²) in [6.07, 6.45) is 1.000. The fourth-order valence-corrected chi connectivity index (χ4v) is 6.08. The molecule has 2 amide bonds. The van der Waals surface area contributed by atoms with Gasteiger partial charge in [-0.05, 0) is 66.9 Å². The zero-order chi connectivity index (χ0) is 30.3. The van der Waals surface area contributed by atoms with Gasteiger partial charge in [0.15, 0.2) is 11.5 Å². The van der Waals surface area contributed by atoms with E-state index in [9.17, 15) is 22.4 Å². The Morgan fingerprint density at radius 3 is 2.29 bits per heavy atom. The lowest BCUT2D eigenvalue weighted by atomic mass is 10.1. The van der Waals surface area contributed by atoms with Gasteiger partial charge in [-0.15, -0.1) is 0 Å². The van der Waals surface area contributed by atoms with Crippen LogP contribution in [0.2, 0.25) is 5.02 Å². The van der Waals surface area contributed by atoms with Crippen molar-refractivity contribution in [2.24, 2.45) is 0 Å². The Morgan fingerprint density at radius 1 is 0.976 bits per heavy atom. The van der Waals surface area contributed by atoms with E-state index in [1.807, 2.05) is 6.92 Å².